The summed E-state index contributed by atoms with van der Waals surface area (Å²) in [5.74, 6) is 0.341. The van der Waals surface area contributed by atoms with Gasteiger partial charge in [0.2, 0.25) is 0 Å². The van der Waals surface area contributed by atoms with E-state index in [4.69, 9.17) is 4.42 Å². The number of fused-ring (bicyclic) bond motifs is 1. The van der Waals surface area contributed by atoms with E-state index in [1.807, 2.05) is 0 Å². The molecule has 1 aliphatic carbocycles. The van der Waals surface area contributed by atoms with E-state index in [1.165, 1.54) is 19.3 Å². The minimum Gasteiger partial charge on any atom is -0.406 e. The summed E-state index contributed by atoms with van der Waals surface area (Å²) in [7, 11) is 0. The molecule has 2 aromatic heterocycles. The molecule has 0 aliphatic heterocycles. The van der Waals surface area contributed by atoms with Crippen LogP contribution in [0.3, 0.4) is 0 Å². The minimum atomic E-state index is -0.326. The Hall–Kier alpha value is -1.62. The Morgan fingerprint density at radius 3 is 3.09 bits per heavy atom. The standard InChI is InChI=1S/C17H25N3O2/c1-12-11-17(2,3)7-6-13(12)18-9-10-20-15-14(22-16(20)21)5-4-8-19-15/h4-5,8,12-13,18H,6-7,9-11H2,1-3H3. The summed E-state index contributed by atoms with van der Waals surface area (Å²) in [6.07, 6.45) is 5.39. The maximum absolute atomic E-state index is 11.9. The zero-order valence-corrected chi connectivity index (χ0v) is 13.6. The summed E-state index contributed by atoms with van der Waals surface area (Å²) < 4.78 is 6.82. The quantitative estimate of drug-likeness (QED) is 0.943. The number of nitrogens with zero attached hydrogens (tertiary/aromatic N) is 2. The Morgan fingerprint density at radius 1 is 1.50 bits per heavy atom. The summed E-state index contributed by atoms with van der Waals surface area (Å²) >= 11 is 0. The van der Waals surface area contributed by atoms with Gasteiger partial charge in [0.05, 0.1) is 0 Å². The summed E-state index contributed by atoms with van der Waals surface area (Å²) in [5, 5.41) is 3.61. The van der Waals surface area contributed by atoms with E-state index in [9.17, 15) is 4.79 Å². The zero-order valence-electron chi connectivity index (χ0n) is 13.6. The first-order valence-corrected chi connectivity index (χ1v) is 8.14. The first kappa shape index (κ1) is 15.3. The average molecular weight is 303 g/mol. The van der Waals surface area contributed by atoms with Crippen molar-refractivity contribution in [3.05, 3.63) is 28.9 Å². The Kier molecular flexibility index (Phi) is 4.08. The molecular formula is C17H25N3O2. The second-order valence-corrected chi connectivity index (χ2v) is 7.29. The van der Waals surface area contributed by atoms with Crippen LogP contribution in [0.5, 0.6) is 0 Å². The first-order chi connectivity index (χ1) is 10.5. The van der Waals surface area contributed by atoms with Gasteiger partial charge >= 0.3 is 5.76 Å². The van der Waals surface area contributed by atoms with Gasteiger partial charge in [-0.3, -0.25) is 4.57 Å². The summed E-state index contributed by atoms with van der Waals surface area (Å²) in [6, 6.07) is 4.09. The number of hydrogen-bond acceptors (Lipinski definition) is 4. The van der Waals surface area contributed by atoms with Gasteiger partial charge in [-0.15, -0.1) is 0 Å². The van der Waals surface area contributed by atoms with Crippen LogP contribution in [0.25, 0.3) is 11.2 Å². The van der Waals surface area contributed by atoms with Crippen molar-refractivity contribution in [1.82, 2.24) is 14.9 Å². The number of rotatable bonds is 4. The Morgan fingerprint density at radius 2 is 2.32 bits per heavy atom. The molecule has 1 aliphatic rings. The number of aromatic nitrogens is 2. The van der Waals surface area contributed by atoms with Crippen LogP contribution in [0.4, 0.5) is 0 Å². The highest BCUT2D eigenvalue weighted by atomic mass is 16.4. The van der Waals surface area contributed by atoms with Gasteiger partial charge in [-0.25, -0.2) is 9.78 Å². The average Bonchev–Trinajstić information content (AvgIpc) is 2.77. The molecule has 2 aromatic rings. The van der Waals surface area contributed by atoms with Crippen LogP contribution < -0.4 is 11.1 Å². The van der Waals surface area contributed by atoms with Crippen molar-refractivity contribution in [2.75, 3.05) is 6.54 Å². The number of pyridine rings is 1. The van der Waals surface area contributed by atoms with Gasteiger partial charge in [-0.2, -0.15) is 0 Å². The van der Waals surface area contributed by atoms with Crippen LogP contribution in [-0.2, 0) is 6.54 Å². The molecule has 0 amide bonds. The van der Waals surface area contributed by atoms with E-state index < -0.39 is 0 Å². The Balaban J connectivity index is 1.61. The maximum Gasteiger partial charge on any atom is 0.421 e. The van der Waals surface area contributed by atoms with Crippen molar-refractivity contribution in [3.8, 4) is 0 Å². The number of nitrogens with one attached hydrogen (secondary N) is 1. The van der Waals surface area contributed by atoms with E-state index in [-0.39, 0.29) is 5.76 Å². The van der Waals surface area contributed by atoms with E-state index in [2.05, 4.69) is 31.1 Å². The summed E-state index contributed by atoms with van der Waals surface area (Å²) in [4.78, 5) is 16.1. The highest BCUT2D eigenvalue weighted by Gasteiger charge is 2.31. The van der Waals surface area contributed by atoms with Crippen LogP contribution >= 0.6 is 0 Å². The highest BCUT2D eigenvalue weighted by Crippen LogP contribution is 2.38. The summed E-state index contributed by atoms with van der Waals surface area (Å²) in [5.41, 5.74) is 1.64. The fraction of sp³-hybridized carbons (Fsp3) is 0.647. The van der Waals surface area contributed by atoms with Crippen LogP contribution in [0, 0.1) is 11.3 Å². The topological polar surface area (TPSA) is 60.1 Å². The smallest absolute Gasteiger partial charge is 0.406 e. The molecule has 0 bridgehead atoms. The van der Waals surface area contributed by atoms with Crippen molar-refractivity contribution < 1.29 is 4.42 Å². The molecule has 120 valence electrons. The summed E-state index contributed by atoms with van der Waals surface area (Å²) in [6.45, 7) is 8.38. The maximum atomic E-state index is 11.9. The largest absolute Gasteiger partial charge is 0.421 e. The fourth-order valence-corrected chi connectivity index (χ4v) is 3.71. The molecule has 0 aromatic carbocycles. The van der Waals surface area contributed by atoms with Crippen LogP contribution in [0.1, 0.15) is 40.0 Å². The lowest BCUT2D eigenvalue weighted by Gasteiger charge is -2.39. The molecule has 1 fully saturated rings. The third-order valence-electron chi connectivity index (χ3n) is 4.86. The fourth-order valence-electron chi connectivity index (χ4n) is 3.71. The van der Waals surface area contributed by atoms with Crippen molar-refractivity contribution in [3.63, 3.8) is 0 Å². The predicted molar refractivity (Wildman–Crippen MR) is 86.9 cm³/mol. The lowest BCUT2D eigenvalue weighted by Crippen LogP contribution is -2.43. The van der Waals surface area contributed by atoms with E-state index >= 15 is 0 Å². The molecule has 2 unspecified atom stereocenters. The normalized spacial score (nSPS) is 24.7. The second kappa shape index (κ2) is 5.88. The molecular weight excluding hydrogens is 278 g/mol. The van der Waals surface area contributed by atoms with E-state index in [0.717, 1.165) is 6.54 Å². The van der Waals surface area contributed by atoms with Crippen LogP contribution in [0.15, 0.2) is 27.5 Å². The minimum absolute atomic E-state index is 0.326. The third kappa shape index (κ3) is 3.09. The molecule has 3 rings (SSSR count). The Bertz CT molecular complexity index is 701. The number of hydrogen-bond donors (Lipinski definition) is 1. The molecule has 5 nitrogen and oxygen atoms in total. The SMILES string of the molecule is CC1CC(C)(C)CCC1NCCn1c(=O)oc2cccnc21. The predicted octanol–water partition coefficient (Wildman–Crippen LogP) is 2.79. The van der Waals surface area contributed by atoms with Gasteiger partial charge in [0.25, 0.3) is 0 Å². The van der Waals surface area contributed by atoms with Crippen LogP contribution in [-0.4, -0.2) is 22.1 Å². The second-order valence-electron chi connectivity index (χ2n) is 7.29. The lowest BCUT2D eigenvalue weighted by atomic mass is 9.70. The van der Waals surface area contributed by atoms with Crippen molar-refractivity contribution in [1.29, 1.82) is 0 Å². The molecule has 22 heavy (non-hydrogen) atoms. The monoisotopic (exact) mass is 303 g/mol. The highest BCUT2D eigenvalue weighted by molar-refractivity contribution is 5.67. The lowest BCUT2D eigenvalue weighted by molar-refractivity contribution is 0.148. The van der Waals surface area contributed by atoms with Gasteiger partial charge < -0.3 is 9.73 Å². The van der Waals surface area contributed by atoms with E-state index in [0.29, 0.717) is 35.1 Å². The van der Waals surface area contributed by atoms with Crippen LogP contribution in [0.2, 0.25) is 0 Å². The number of oxazole rings is 1. The molecule has 0 spiro atoms. The molecule has 2 atom stereocenters. The van der Waals surface area contributed by atoms with Gasteiger partial charge in [0.1, 0.15) is 0 Å². The van der Waals surface area contributed by atoms with Crippen molar-refractivity contribution >= 4 is 11.2 Å². The third-order valence-corrected chi connectivity index (χ3v) is 4.86. The van der Waals surface area contributed by atoms with Crippen molar-refractivity contribution in [2.24, 2.45) is 11.3 Å². The molecule has 2 heterocycles. The van der Waals surface area contributed by atoms with Gasteiger partial charge in [0, 0.05) is 25.3 Å². The molecule has 0 radical (unpaired) electrons. The molecule has 1 N–H and O–H groups in total. The first-order valence-electron chi connectivity index (χ1n) is 8.14. The van der Waals surface area contributed by atoms with Gasteiger partial charge in [0.15, 0.2) is 11.2 Å². The van der Waals surface area contributed by atoms with Crippen molar-refractivity contribution in [2.45, 2.75) is 52.6 Å². The molecule has 0 saturated heterocycles. The zero-order chi connectivity index (χ0) is 15.7. The molecule has 1 saturated carbocycles. The Labute approximate surface area is 130 Å². The molecule has 5 heteroatoms. The van der Waals surface area contributed by atoms with E-state index in [1.54, 1.807) is 22.9 Å². The van der Waals surface area contributed by atoms with Gasteiger partial charge in [-0.05, 0) is 42.7 Å². The van der Waals surface area contributed by atoms with Gasteiger partial charge in [-0.1, -0.05) is 20.8 Å².